The maximum atomic E-state index is 12.6. The van der Waals surface area contributed by atoms with E-state index in [1.54, 1.807) is 6.92 Å². The average Bonchev–Trinajstić information content (AvgIpc) is 2.29. The Morgan fingerprint density at radius 3 is 2.61 bits per heavy atom. The topological polar surface area (TPSA) is 26.3 Å². The van der Waals surface area contributed by atoms with Crippen LogP contribution >= 0.6 is 0 Å². The molecule has 0 fully saturated rings. The van der Waals surface area contributed by atoms with E-state index in [4.69, 9.17) is 0 Å². The minimum Gasteiger partial charge on any atom is -0.428 e. The molecule has 0 aromatic heterocycles. The number of hydrogen-bond donors (Lipinski definition) is 0. The molecule has 0 aliphatic carbocycles. The number of rotatable bonds is 5. The fraction of sp³-hybridized carbons (Fsp3) is 0.250. The Hall–Kier alpha value is -1.85. The fourth-order valence-electron chi connectivity index (χ4n) is 1.16. The first kappa shape index (κ1) is 14.2. The maximum Gasteiger partial charge on any atom is 0.461 e. The molecule has 1 rings (SSSR count). The predicted octanol–water partition coefficient (Wildman–Crippen LogP) is 3.68. The smallest absolute Gasteiger partial charge is 0.428 e. The van der Waals surface area contributed by atoms with E-state index in [1.165, 1.54) is 24.3 Å². The highest BCUT2D eigenvalue weighted by Crippen LogP contribution is 2.27. The summed E-state index contributed by atoms with van der Waals surface area (Å²) in [7, 11) is 0. The van der Waals surface area contributed by atoms with Gasteiger partial charge in [0.25, 0.3) is 0 Å². The van der Waals surface area contributed by atoms with Crippen LogP contribution in [0.4, 0.5) is 17.6 Å². The largest absolute Gasteiger partial charge is 0.461 e. The van der Waals surface area contributed by atoms with Gasteiger partial charge in [-0.25, -0.2) is 0 Å². The highest BCUT2D eigenvalue weighted by Gasteiger charge is 2.43. The van der Waals surface area contributed by atoms with Crippen LogP contribution in [-0.2, 0) is 0 Å². The van der Waals surface area contributed by atoms with Crippen LogP contribution in [0, 0.1) is 0 Å². The van der Waals surface area contributed by atoms with Gasteiger partial charge >= 0.3 is 12.5 Å². The summed E-state index contributed by atoms with van der Waals surface area (Å²) in [6, 6.07) is 4.70. The zero-order valence-electron chi connectivity index (χ0n) is 9.37. The number of benzene rings is 1. The predicted molar refractivity (Wildman–Crippen MR) is 57.2 cm³/mol. The molecular weight excluding hydrogens is 252 g/mol. The molecule has 18 heavy (non-hydrogen) atoms. The highest BCUT2D eigenvalue weighted by atomic mass is 19.3. The van der Waals surface area contributed by atoms with Gasteiger partial charge in [-0.05, 0) is 25.1 Å². The minimum absolute atomic E-state index is 0.0793. The lowest BCUT2D eigenvalue weighted by atomic mass is 10.1. The molecule has 0 amide bonds. The third kappa shape index (κ3) is 3.58. The Balaban J connectivity index is 2.93. The Labute approximate surface area is 101 Å². The zero-order valence-corrected chi connectivity index (χ0v) is 9.37. The average molecular weight is 262 g/mol. The summed E-state index contributed by atoms with van der Waals surface area (Å²) >= 11 is 0. The molecule has 0 heterocycles. The lowest BCUT2D eigenvalue weighted by Gasteiger charge is -2.16. The quantitative estimate of drug-likeness (QED) is 0.459. The van der Waals surface area contributed by atoms with E-state index >= 15 is 0 Å². The van der Waals surface area contributed by atoms with Crippen molar-refractivity contribution in [2.45, 2.75) is 19.5 Å². The fourth-order valence-corrected chi connectivity index (χ4v) is 1.16. The Morgan fingerprint density at radius 2 is 2.06 bits per heavy atom. The molecule has 6 heteroatoms. The third-order valence-electron chi connectivity index (χ3n) is 1.94. The molecular formula is C12H10F4O2. The molecule has 98 valence electrons. The molecule has 0 N–H and O–H groups in total. The minimum atomic E-state index is -4.58. The van der Waals surface area contributed by atoms with Crippen LogP contribution in [0.3, 0.4) is 0 Å². The van der Waals surface area contributed by atoms with Crippen LogP contribution < -0.4 is 4.74 Å². The monoisotopic (exact) mass is 262 g/mol. The number of ketones is 1. The number of halogens is 4. The highest BCUT2D eigenvalue weighted by molar-refractivity contribution is 6.04. The summed E-state index contributed by atoms with van der Waals surface area (Å²) in [5, 5.41) is 0. The van der Waals surface area contributed by atoms with Gasteiger partial charge in [-0.15, -0.1) is 0 Å². The summed E-state index contributed by atoms with van der Waals surface area (Å²) < 4.78 is 53.0. The number of ether oxygens (including phenoxy) is 1. The lowest BCUT2D eigenvalue weighted by molar-refractivity contribution is -0.253. The lowest BCUT2D eigenvalue weighted by Crippen LogP contribution is -2.33. The summed E-state index contributed by atoms with van der Waals surface area (Å²) in [5.41, 5.74) is 0.0793. The van der Waals surface area contributed by atoms with Crippen LogP contribution in [-0.4, -0.2) is 18.3 Å². The van der Waals surface area contributed by atoms with Gasteiger partial charge in [-0.1, -0.05) is 18.2 Å². The first-order valence-corrected chi connectivity index (χ1v) is 4.99. The molecule has 0 unspecified atom stereocenters. The van der Waals surface area contributed by atoms with Crippen LogP contribution in [0.1, 0.15) is 17.3 Å². The van der Waals surface area contributed by atoms with Crippen LogP contribution in [0.25, 0.3) is 0 Å². The van der Waals surface area contributed by atoms with Crippen molar-refractivity contribution in [3.05, 3.63) is 42.0 Å². The van der Waals surface area contributed by atoms with E-state index in [-0.39, 0.29) is 5.56 Å². The van der Waals surface area contributed by atoms with Crippen LogP contribution in [0.15, 0.2) is 36.4 Å². The summed E-state index contributed by atoms with van der Waals surface area (Å²) in [5.74, 6) is -0.918. The number of carbonyl (C=O) groups excluding carboxylic acids is 1. The zero-order chi connectivity index (χ0) is 13.8. The molecule has 1 aromatic carbocycles. The van der Waals surface area contributed by atoms with Crippen molar-refractivity contribution in [1.82, 2.24) is 0 Å². The molecule has 0 saturated carbocycles. The third-order valence-corrected chi connectivity index (χ3v) is 1.94. The van der Waals surface area contributed by atoms with E-state index in [0.717, 1.165) is 12.1 Å². The molecule has 2 nitrogen and oxygen atoms in total. The molecule has 0 saturated heterocycles. The maximum absolute atomic E-state index is 12.6. The SMILES string of the molecule is C/C=C/C(=O)c1cccc(OC(F)(F)C(F)F)c1. The molecule has 0 aliphatic rings. The van der Waals surface area contributed by atoms with Crippen molar-refractivity contribution < 1.29 is 27.1 Å². The standard InChI is InChI=1S/C12H10F4O2/c1-2-4-10(17)8-5-3-6-9(7-8)18-12(15,16)11(13)14/h2-7,11H,1H3/b4-2+. The number of carbonyl (C=O) groups is 1. The van der Waals surface area contributed by atoms with Crippen LogP contribution in [0.5, 0.6) is 5.75 Å². The van der Waals surface area contributed by atoms with Gasteiger partial charge in [0.05, 0.1) is 0 Å². The second kappa shape index (κ2) is 5.66. The van der Waals surface area contributed by atoms with Gasteiger partial charge in [0, 0.05) is 5.56 Å². The van der Waals surface area contributed by atoms with Crippen molar-refractivity contribution in [2.24, 2.45) is 0 Å². The van der Waals surface area contributed by atoms with E-state index in [1.807, 2.05) is 0 Å². The van der Waals surface area contributed by atoms with Gasteiger partial charge in [0.1, 0.15) is 5.75 Å². The number of alkyl halides is 4. The van der Waals surface area contributed by atoms with Crippen LogP contribution in [0.2, 0.25) is 0 Å². The first-order chi connectivity index (χ1) is 8.36. The summed E-state index contributed by atoms with van der Waals surface area (Å²) in [6.07, 6.45) is -5.82. The summed E-state index contributed by atoms with van der Waals surface area (Å²) in [4.78, 5) is 11.4. The molecule has 0 spiro atoms. The Bertz CT molecular complexity index is 455. The van der Waals surface area contributed by atoms with Crippen molar-refractivity contribution in [3.63, 3.8) is 0 Å². The molecule has 0 aliphatic heterocycles. The van der Waals surface area contributed by atoms with Gasteiger partial charge in [-0.2, -0.15) is 17.6 Å². The van der Waals surface area contributed by atoms with Crippen molar-refractivity contribution in [1.29, 1.82) is 0 Å². The summed E-state index contributed by atoms with van der Waals surface area (Å²) in [6.45, 7) is 1.61. The molecule has 0 atom stereocenters. The van der Waals surface area contributed by atoms with Gasteiger partial charge in [-0.3, -0.25) is 4.79 Å². The second-order valence-electron chi connectivity index (χ2n) is 3.36. The first-order valence-electron chi connectivity index (χ1n) is 4.99. The number of hydrogen-bond acceptors (Lipinski definition) is 2. The van der Waals surface area contributed by atoms with Gasteiger partial charge in [0.2, 0.25) is 0 Å². The van der Waals surface area contributed by atoms with E-state index in [2.05, 4.69) is 4.74 Å². The molecule has 0 bridgehead atoms. The van der Waals surface area contributed by atoms with Crippen molar-refractivity contribution >= 4 is 5.78 Å². The Morgan fingerprint density at radius 1 is 1.39 bits per heavy atom. The Kier molecular flexibility index (Phi) is 4.47. The van der Waals surface area contributed by atoms with E-state index in [9.17, 15) is 22.4 Å². The van der Waals surface area contributed by atoms with Gasteiger partial charge in [0.15, 0.2) is 5.78 Å². The van der Waals surface area contributed by atoms with Crippen molar-refractivity contribution in [2.75, 3.05) is 0 Å². The van der Waals surface area contributed by atoms with Crippen molar-refractivity contribution in [3.8, 4) is 5.75 Å². The molecule has 1 aromatic rings. The van der Waals surface area contributed by atoms with Gasteiger partial charge < -0.3 is 4.74 Å². The van der Waals surface area contributed by atoms with E-state index < -0.39 is 24.1 Å². The van der Waals surface area contributed by atoms with E-state index in [0.29, 0.717) is 0 Å². The normalized spacial score (nSPS) is 12.1. The second-order valence-corrected chi connectivity index (χ2v) is 3.36. The number of allylic oxidation sites excluding steroid dienone is 2. The molecule has 0 radical (unpaired) electrons.